The molecule has 2 N–H and O–H groups in total. The minimum atomic E-state index is -5.02. The van der Waals surface area contributed by atoms with Gasteiger partial charge in [0.15, 0.2) is 0 Å². The quantitative estimate of drug-likeness (QED) is 0.474. The highest BCUT2D eigenvalue weighted by Gasteiger charge is 2.50. The molecule has 2 aromatic rings. The highest BCUT2D eigenvalue weighted by Crippen LogP contribution is 2.42. The average molecular weight is 605 g/mol. The van der Waals surface area contributed by atoms with Gasteiger partial charge in [-0.05, 0) is 31.9 Å². The maximum absolute atomic E-state index is 15.0. The fourth-order valence-corrected chi connectivity index (χ4v) is 6.17. The summed E-state index contributed by atoms with van der Waals surface area (Å²) < 4.78 is 142. The molecule has 1 aromatic carbocycles. The summed E-state index contributed by atoms with van der Waals surface area (Å²) in [6, 6.07) is 0.621. The van der Waals surface area contributed by atoms with Gasteiger partial charge in [-0.25, -0.2) is 35.4 Å². The normalized spacial score (nSPS) is 27.8. The van der Waals surface area contributed by atoms with Crippen LogP contribution in [0.25, 0.3) is 0 Å². The first-order valence-corrected chi connectivity index (χ1v) is 13.4. The molecule has 1 aromatic heterocycles. The lowest BCUT2D eigenvalue weighted by atomic mass is 9.81. The molecule has 222 valence electrons. The molecule has 2 heterocycles. The van der Waals surface area contributed by atoms with E-state index >= 15 is 4.39 Å². The monoisotopic (exact) mass is 604 g/mol. The van der Waals surface area contributed by atoms with Crippen LogP contribution in [0.5, 0.6) is 5.88 Å². The summed E-state index contributed by atoms with van der Waals surface area (Å²) in [4.78, 5) is 6.34. The second-order valence-electron chi connectivity index (χ2n) is 9.94. The van der Waals surface area contributed by atoms with Crippen LogP contribution in [-0.4, -0.2) is 70.7 Å². The predicted molar refractivity (Wildman–Crippen MR) is 123 cm³/mol. The Morgan fingerprint density at radius 3 is 2.50 bits per heavy atom. The predicted octanol–water partition coefficient (Wildman–Crippen LogP) is 4.30. The molecule has 0 spiro atoms. The van der Waals surface area contributed by atoms with Crippen LogP contribution in [-0.2, 0) is 16.2 Å². The highest BCUT2D eigenvalue weighted by atomic mass is 32.2. The van der Waals surface area contributed by atoms with E-state index in [2.05, 4.69) is 15.3 Å². The van der Waals surface area contributed by atoms with Crippen LogP contribution < -0.4 is 10.1 Å². The molecule has 1 saturated heterocycles. The van der Waals surface area contributed by atoms with E-state index in [4.69, 9.17) is 4.74 Å². The van der Waals surface area contributed by atoms with Crippen LogP contribution in [0, 0.1) is 11.6 Å². The third-order valence-electron chi connectivity index (χ3n) is 6.73. The van der Waals surface area contributed by atoms with Crippen LogP contribution in [0.15, 0.2) is 29.3 Å². The van der Waals surface area contributed by atoms with Crippen molar-refractivity contribution in [1.29, 1.82) is 0 Å². The van der Waals surface area contributed by atoms with Gasteiger partial charge in [0.2, 0.25) is 21.9 Å². The van der Waals surface area contributed by atoms with Gasteiger partial charge in [0.25, 0.3) is 5.92 Å². The molecular formula is C23H24F8N4O4S. The molecule has 0 bridgehead atoms. The first-order valence-electron chi connectivity index (χ1n) is 12.0. The van der Waals surface area contributed by atoms with Crippen LogP contribution in [0.3, 0.4) is 0 Å². The van der Waals surface area contributed by atoms with Crippen molar-refractivity contribution in [3.05, 3.63) is 41.6 Å². The fourth-order valence-electron chi connectivity index (χ4n) is 4.67. The van der Waals surface area contributed by atoms with E-state index in [1.54, 1.807) is 0 Å². The van der Waals surface area contributed by atoms with Crippen molar-refractivity contribution < 1.29 is 53.4 Å². The number of ether oxygens (including phenoxy) is 1. The van der Waals surface area contributed by atoms with Gasteiger partial charge >= 0.3 is 6.18 Å². The zero-order chi connectivity index (χ0) is 29.7. The van der Waals surface area contributed by atoms with E-state index < -0.39 is 106 Å². The topological polar surface area (TPSA) is 105 Å². The lowest BCUT2D eigenvalue weighted by Crippen LogP contribution is -2.52. The van der Waals surface area contributed by atoms with E-state index in [9.17, 15) is 44.3 Å². The van der Waals surface area contributed by atoms with Crippen molar-refractivity contribution in [3.63, 3.8) is 0 Å². The number of hydrogen-bond donors (Lipinski definition) is 2. The third kappa shape index (κ3) is 6.40. The molecule has 40 heavy (non-hydrogen) atoms. The van der Waals surface area contributed by atoms with E-state index in [0.717, 1.165) is 13.0 Å². The van der Waals surface area contributed by atoms with E-state index in [1.165, 1.54) is 0 Å². The van der Waals surface area contributed by atoms with Crippen molar-refractivity contribution in [2.45, 2.75) is 73.5 Å². The van der Waals surface area contributed by atoms with Crippen LogP contribution in [0.1, 0.15) is 38.2 Å². The molecule has 17 heteroatoms. The number of rotatable bonds is 6. The van der Waals surface area contributed by atoms with Gasteiger partial charge in [0.05, 0.1) is 6.04 Å². The molecule has 1 aliphatic heterocycles. The molecule has 1 saturated carbocycles. The first-order chi connectivity index (χ1) is 18.4. The number of nitrogens with one attached hydrogen (secondary N) is 1. The standard InChI is InChI=1S/C23H24F8N4O4S/c1-21(36)11-22(27,28)6-4-18(21)39-19-13(23(29,30)31)9-32-20(34-19)33-16-5-7-35(10-15(16)26)40(37,38)17-3-2-12(24)8-14(17)25/h2-3,8-9,15-16,18,36H,4-7,10-11H2,1H3,(H,32,33,34)/t15-,16+,18?,21?/m1/s1. The van der Waals surface area contributed by atoms with Crippen LogP contribution in [0.2, 0.25) is 0 Å². The van der Waals surface area contributed by atoms with Gasteiger partial charge < -0.3 is 15.2 Å². The molecular weight excluding hydrogens is 580 g/mol. The minimum Gasteiger partial charge on any atom is -0.471 e. The van der Waals surface area contributed by atoms with E-state index in [-0.39, 0.29) is 13.0 Å². The van der Waals surface area contributed by atoms with Gasteiger partial charge in [-0.2, -0.15) is 22.5 Å². The molecule has 1 aliphatic carbocycles. The maximum atomic E-state index is 15.0. The Morgan fingerprint density at radius 1 is 1.20 bits per heavy atom. The molecule has 0 radical (unpaired) electrons. The minimum absolute atomic E-state index is 0.240. The second kappa shape index (κ2) is 10.6. The highest BCUT2D eigenvalue weighted by molar-refractivity contribution is 7.89. The zero-order valence-corrected chi connectivity index (χ0v) is 21.5. The fraction of sp³-hybridized carbons (Fsp3) is 0.565. The van der Waals surface area contributed by atoms with Gasteiger partial charge in [0, 0.05) is 38.2 Å². The number of nitrogens with zero attached hydrogens (tertiary/aromatic N) is 3. The van der Waals surface area contributed by atoms with E-state index in [1.807, 2.05) is 0 Å². The number of alkyl halides is 6. The van der Waals surface area contributed by atoms with Gasteiger partial charge in [-0.15, -0.1) is 0 Å². The summed E-state index contributed by atoms with van der Waals surface area (Å²) >= 11 is 0. The number of benzene rings is 1. The molecule has 0 amide bonds. The number of aromatic nitrogens is 2. The van der Waals surface area contributed by atoms with Crippen molar-refractivity contribution in [1.82, 2.24) is 14.3 Å². The average Bonchev–Trinajstić information content (AvgIpc) is 2.80. The number of hydrogen-bond acceptors (Lipinski definition) is 7. The van der Waals surface area contributed by atoms with Crippen molar-refractivity contribution in [2.24, 2.45) is 0 Å². The number of piperidine rings is 1. The molecule has 8 nitrogen and oxygen atoms in total. The van der Waals surface area contributed by atoms with Gasteiger partial charge in [-0.1, -0.05) is 0 Å². The Labute approximate surface area is 223 Å². The Balaban J connectivity index is 1.51. The summed E-state index contributed by atoms with van der Waals surface area (Å²) in [7, 11) is -4.53. The van der Waals surface area contributed by atoms with Crippen LogP contribution in [0.4, 0.5) is 41.1 Å². The largest absolute Gasteiger partial charge is 0.471 e. The first kappa shape index (κ1) is 30.2. The third-order valence-corrected chi connectivity index (χ3v) is 8.62. The molecule has 2 aliphatic rings. The lowest BCUT2D eigenvalue weighted by Gasteiger charge is -2.40. The van der Waals surface area contributed by atoms with Crippen LogP contribution >= 0.6 is 0 Å². The maximum Gasteiger partial charge on any atom is 0.423 e. The number of halogens is 8. The molecule has 4 rings (SSSR count). The Bertz CT molecular complexity index is 1360. The van der Waals surface area contributed by atoms with Crippen molar-refractivity contribution >= 4 is 16.0 Å². The summed E-state index contributed by atoms with van der Waals surface area (Å²) in [6.07, 6.45) is -10.6. The van der Waals surface area contributed by atoms with E-state index in [0.29, 0.717) is 22.6 Å². The summed E-state index contributed by atoms with van der Waals surface area (Å²) in [5.74, 6) is -7.20. The Hall–Kier alpha value is -2.79. The summed E-state index contributed by atoms with van der Waals surface area (Å²) in [5, 5.41) is 12.9. The van der Waals surface area contributed by atoms with Gasteiger partial charge in [0.1, 0.15) is 40.0 Å². The van der Waals surface area contributed by atoms with Gasteiger partial charge in [-0.3, -0.25) is 0 Å². The second-order valence-corrected chi connectivity index (χ2v) is 11.8. The Morgan fingerprint density at radius 2 is 1.90 bits per heavy atom. The van der Waals surface area contributed by atoms with Crippen molar-refractivity contribution in [2.75, 3.05) is 18.4 Å². The Kier molecular flexibility index (Phi) is 7.96. The molecule has 2 unspecified atom stereocenters. The number of anilines is 1. The SMILES string of the molecule is CC1(O)CC(F)(F)CCC1Oc1nc(N[C@H]2CCN(S(=O)(=O)c3ccc(F)cc3F)C[C@H]2F)ncc1C(F)(F)F. The lowest BCUT2D eigenvalue weighted by molar-refractivity contribution is -0.167. The smallest absolute Gasteiger partial charge is 0.423 e. The molecule has 4 atom stereocenters. The summed E-state index contributed by atoms with van der Waals surface area (Å²) in [5.41, 5.74) is -3.64. The molecule has 2 fully saturated rings. The van der Waals surface area contributed by atoms with Crippen molar-refractivity contribution in [3.8, 4) is 5.88 Å². The zero-order valence-electron chi connectivity index (χ0n) is 20.7. The summed E-state index contributed by atoms with van der Waals surface area (Å²) in [6.45, 7) is -0.0912. The number of aliphatic hydroxyl groups is 1. The number of sulfonamides is 1.